The fourth-order valence-corrected chi connectivity index (χ4v) is 13.5. The van der Waals surface area contributed by atoms with Gasteiger partial charge in [0.05, 0.1) is 36.6 Å². The fraction of sp³-hybridized carbons (Fsp3) is 1.00. The first-order valence-corrected chi connectivity index (χ1v) is 17.9. The van der Waals surface area contributed by atoms with E-state index in [1.54, 1.807) is 13.8 Å². The van der Waals surface area contributed by atoms with Crippen LogP contribution in [-0.4, -0.2) is 95.5 Å². The lowest BCUT2D eigenvalue weighted by Crippen LogP contribution is -2.60. The molecule has 2 unspecified atom stereocenters. The van der Waals surface area contributed by atoms with Crippen molar-refractivity contribution in [1.29, 1.82) is 0 Å². The van der Waals surface area contributed by atoms with Gasteiger partial charge in [-0.05, 0) is 111 Å². The Morgan fingerprint density at radius 1 is 1.05 bits per heavy atom. The summed E-state index contributed by atoms with van der Waals surface area (Å²) in [7, 11) is 0. The first kappa shape index (κ1) is 32.2. The molecule has 7 aliphatic rings. The van der Waals surface area contributed by atoms with Crippen molar-refractivity contribution in [2.45, 2.75) is 142 Å². The number of alkyl halides is 1. The predicted molar refractivity (Wildman–Crippen MR) is 165 cm³/mol. The molecule has 3 N–H and O–H groups in total. The minimum atomic E-state index is -1.25. The number of hydrogen-bond donors (Lipinski definition) is 3. The SMILES string of the molecule is C[C@@H]1C[C@H]([C@H](O)C(C)(C)O)O[C@H]2C1[C@@]1(C)CC[C@@]34C[C@@]35CC[C@H](OC3CN(CCF)CCO3)C(C)(C)[C@@H]5CC[C@H]4[C@]1(C)[C@H]2O. The van der Waals surface area contributed by atoms with Crippen LogP contribution in [0.15, 0.2) is 0 Å². The summed E-state index contributed by atoms with van der Waals surface area (Å²) in [5.41, 5.74) is -0.971. The van der Waals surface area contributed by atoms with E-state index in [9.17, 15) is 19.7 Å². The normalized spacial score (nSPS) is 53.9. The van der Waals surface area contributed by atoms with Crippen LogP contribution >= 0.6 is 0 Å². The Labute approximate surface area is 264 Å². The molecule has 7 rings (SSSR count). The highest BCUT2D eigenvalue weighted by molar-refractivity contribution is 5.33. The van der Waals surface area contributed by atoms with Gasteiger partial charge in [-0.2, -0.15) is 0 Å². The van der Waals surface area contributed by atoms with E-state index in [2.05, 4.69) is 39.5 Å². The standard InChI is InChI=1S/C36H60FNO6/c1-21-18-22(29(39)32(4,5)41)43-28-27(21)33(6)12-13-36-20-35(36)11-10-25(44-26-19-38(15-14-37)16-17-42-26)31(2,3)23(35)8-9-24(36)34(33,7)30(28)40/h21-30,39-41H,8-20H2,1-7H3/t21-,22-,23+,24+,25+,26?,27?,28+,29+,30+,33-,34-,35-,36+/m1/s1. The summed E-state index contributed by atoms with van der Waals surface area (Å²) in [5.74, 6) is 1.56. The highest BCUT2D eigenvalue weighted by Crippen LogP contribution is 2.89. The van der Waals surface area contributed by atoms with Crippen molar-refractivity contribution in [2.75, 3.05) is 32.9 Å². The van der Waals surface area contributed by atoms with E-state index in [0.29, 0.717) is 49.3 Å². The third-order valence-electron chi connectivity index (χ3n) is 15.7. The van der Waals surface area contributed by atoms with Crippen LogP contribution < -0.4 is 0 Å². The zero-order valence-electron chi connectivity index (χ0n) is 28.4. The highest BCUT2D eigenvalue weighted by atomic mass is 19.1. The second-order valence-corrected chi connectivity index (χ2v) is 18.1. The number of ether oxygens (including phenoxy) is 3. The summed E-state index contributed by atoms with van der Waals surface area (Å²) in [4.78, 5) is 2.12. The van der Waals surface area contributed by atoms with E-state index < -0.39 is 23.9 Å². The van der Waals surface area contributed by atoms with Crippen LogP contribution in [0.3, 0.4) is 0 Å². The molecular formula is C36H60FNO6. The number of nitrogens with zero attached hydrogens (tertiary/aromatic N) is 1. The van der Waals surface area contributed by atoms with Crippen molar-refractivity contribution < 1.29 is 33.9 Å². The first-order chi connectivity index (χ1) is 20.6. The molecule has 0 aromatic rings. The lowest BCUT2D eigenvalue weighted by Gasteiger charge is -2.64. The van der Waals surface area contributed by atoms with Crippen LogP contribution in [0, 0.1) is 50.7 Å². The van der Waals surface area contributed by atoms with Crippen LogP contribution in [0.25, 0.3) is 0 Å². The maximum atomic E-state index is 13.0. The molecule has 0 aromatic heterocycles. The lowest BCUT2D eigenvalue weighted by molar-refractivity contribution is -0.249. The molecule has 0 aromatic carbocycles. The van der Waals surface area contributed by atoms with Gasteiger partial charge in [0.1, 0.15) is 12.8 Å². The Morgan fingerprint density at radius 2 is 1.75 bits per heavy atom. The maximum Gasteiger partial charge on any atom is 0.170 e. The van der Waals surface area contributed by atoms with E-state index >= 15 is 0 Å². The highest BCUT2D eigenvalue weighted by Gasteiger charge is 2.84. The minimum absolute atomic E-state index is 0.0143. The fourth-order valence-electron chi connectivity index (χ4n) is 13.5. The van der Waals surface area contributed by atoms with Gasteiger partial charge in [0.15, 0.2) is 6.29 Å². The van der Waals surface area contributed by atoms with Crippen LogP contribution in [0.5, 0.6) is 0 Å². The van der Waals surface area contributed by atoms with E-state index in [-0.39, 0.29) is 52.8 Å². The summed E-state index contributed by atoms with van der Waals surface area (Å²) >= 11 is 0. The molecule has 2 spiro atoms. The average Bonchev–Trinajstić information content (AvgIpc) is 3.59. The van der Waals surface area contributed by atoms with E-state index in [4.69, 9.17) is 14.2 Å². The Morgan fingerprint density at radius 3 is 2.45 bits per heavy atom. The molecule has 2 heterocycles. The Bertz CT molecular complexity index is 1110. The summed E-state index contributed by atoms with van der Waals surface area (Å²) in [6.07, 6.45) is 6.27. The number of halogens is 1. The second kappa shape index (κ2) is 10.3. The van der Waals surface area contributed by atoms with Crippen molar-refractivity contribution in [3.05, 3.63) is 0 Å². The zero-order chi connectivity index (χ0) is 31.7. The van der Waals surface area contributed by atoms with Crippen LogP contribution in [-0.2, 0) is 14.2 Å². The molecule has 7 fully saturated rings. The van der Waals surface area contributed by atoms with Gasteiger partial charge < -0.3 is 29.5 Å². The summed E-state index contributed by atoms with van der Waals surface area (Å²) in [6.45, 7) is 17.4. The molecule has 8 heteroatoms. The molecule has 0 bridgehead atoms. The van der Waals surface area contributed by atoms with Crippen molar-refractivity contribution >= 4 is 0 Å². The molecule has 14 atom stereocenters. The smallest absolute Gasteiger partial charge is 0.170 e. The number of aliphatic hydroxyl groups is 3. The maximum absolute atomic E-state index is 13.0. The van der Waals surface area contributed by atoms with Gasteiger partial charge in [-0.1, -0.05) is 34.6 Å². The summed E-state index contributed by atoms with van der Waals surface area (Å²) in [5, 5.41) is 34.0. The number of hydrogen-bond acceptors (Lipinski definition) is 7. The number of fused-ring (bicyclic) bond motifs is 4. The predicted octanol–water partition coefficient (Wildman–Crippen LogP) is 4.94. The van der Waals surface area contributed by atoms with E-state index in [1.807, 2.05) is 0 Å². The van der Waals surface area contributed by atoms with E-state index in [1.165, 1.54) is 19.3 Å². The molecule has 5 aliphatic carbocycles. The zero-order valence-corrected chi connectivity index (χ0v) is 28.4. The average molecular weight is 622 g/mol. The van der Waals surface area contributed by atoms with Gasteiger partial charge in [0, 0.05) is 25.0 Å². The molecule has 0 amide bonds. The largest absolute Gasteiger partial charge is 0.390 e. The topological polar surface area (TPSA) is 91.6 Å². The quantitative estimate of drug-likeness (QED) is 0.387. The molecule has 5 saturated carbocycles. The molecule has 2 aliphatic heterocycles. The Balaban J connectivity index is 1.13. The molecule has 44 heavy (non-hydrogen) atoms. The summed E-state index contributed by atoms with van der Waals surface area (Å²) in [6, 6.07) is 0. The van der Waals surface area contributed by atoms with Crippen LogP contribution in [0.4, 0.5) is 4.39 Å². The van der Waals surface area contributed by atoms with Gasteiger partial charge in [-0.3, -0.25) is 4.90 Å². The minimum Gasteiger partial charge on any atom is -0.390 e. The lowest BCUT2D eigenvalue weighted by atomic mass is 9.41. The van der Waals surface area contributed by atoms with Crippen LogP contribution in [0.1, 0.15) is 99.8 Å². The Kier molecular flexibility index (Phi) is 7.56. The van der Waals surface area contributed by atoms with Crippen LogP contribution in [0.2, 0.25) is 0 Å². The van der Waals surface area contributed by atoms with Crippen molar-refractivity contribution in [3.8, 4) is 0 Å². The van der Waals surface area contributed by atoms with Gasteiger partial charge in [-0.25, -0.2) is 4.39 Å². The Hall–Kier alpha value is -0.350. The molecule has 7 nitrogen and oxygen atoms in total. The number of morpholine rings is 1. The summed E-state index contributed by atoms with van der Waals surface area (Å²) < 4.78 is 32.5. The van der Waals surface area contributed by atoms with Crippen molar-refractivity contribution in [2.24, 2.45) is 50.7 Å². The molecular weight excluding hydrogens is 561 g/mol. The van der Waals surface area contributed by atoms with Gasteiger partial charge in [-0.15, -0.1) is 0 Å². The number of rotatable bonds is 6. The van der Waals surface area contributed by atoms with Gasteiger partial charge >= 0.3 is 0 Å². The first-order valence-electron chi connectivity index (χ1n) is 17.9. The van der Waals surface area contributed by atoms with Crippen molar-refractivity contribution in [1.82, 2.24) is 4.90 Å². The monoisotopic (exact) mass is 621 g/mol. The molecule has 0 radical (unpaired) electrons. The molecule has 252 valence electrons. The van der Waals surface area contributed by atoms with Crippen molar-refractivity contribution in [3.63, 3.8) is 0 Å². The second-order valence-electron chi connectivity index (χ2n) is 18.1. The third-order valence-corrected chi connectivity index (χ3v) is 15.7. The number of aliphatic hydroxyl groups excluding tert-OH is 2. The molecule has 2 saturated heterocycles. The third kappa shape index (κ3) is 4.16. The van der Waals surface area contributed by atoms with Gasteiger partial charge in [0.2, 0.25) is 0 Å². The van der Waals surface area contributed by atoms with E-state index in [0.717, 1.165) is 32.2 Å². The van der Waals surface area contributed by atoms with Gasteiger partial charge in [0.25, 0.3) is 0 Å².